The van der Waals surface area contributed by atoms with Gasteiger partial charge in [0.1, 0.15) is 12.4 Å². The first-order valence-electron chi connectivity index (χ1n) is 19.0. The number of fused-ring (bicyclic) bond motifs is 1. The van der Waals surface area contributed by atoms with E-state index in [9.17, 15) is 32.3 Å². The number of amides is 1. The quantitative estimate of drug-likeness (QED) is 0.0947. The Labute approximate surface area is 339 Å². The summed E-state index contributed by atoms with van der Waals surface area (Å²) in [4.78, 5) is 55.7. The van der Waals surface area contributed by atoms with Gasteiger partial charge in [0.25, 0.3) is 5.56 Å². The number of aliphatic hydroxyl groups is 2. The predicted octanol–water partition coefficient (Wildman–Crippen LogP) is 5.85. The zero-order valence-corrected chi connectivity index (χ0v) is 33.3. The van der Waals surface area contributed by atoms with Crippen molar-refractivity contribution in [1.82, 2.24) is 19.4 Å². The molecule has 2 unspecified atom stereocenters. The second-order valence-corrected chi connectivity index (χ2v) is 14.5. The minimum atomic E-state index is -4.39. The molecule has 314 valence electrons. The average molecular weight is 819 g/mol. The van der Waals surface area contributed by atoms with E-state index in [1.165, 1.54) is 12.1 Å². The van der Waals surface area contributed by atoms with Crippen LogP contribution >= 0.6 is 0 Å². The van der Waals surface area contributed by atoms with Crippen molar-refractivity contribution in [2.45, 2.75) is 71.0 Å². The zero-order valence-electron chi connectivity index (χ0n) is 33.3. The number of carboxylic acid groups (broad SMARTS) is 2. The van der Waals surface area contributed by atoms with Crippen molar-refractivity contribution in [3.63, 3.8) is 0 Å². The van der Waals surface area contributed by atoms with Crippen molar-refractivity contribution in [3.8, 4) is 11.1 Å². The summed E-state index contributed by atoms with van der Waals surface area (Å²) in [5, 5.41) is 33.0. The lowest BCUT2D eigenvalue weighted by Crippen LogP contribution is -2.40. The maximum atomic E-state index is 14.3. The van der Waals surface area contributed by atoms with Gasteiger partial charge in [-0.15, -0.1) is 0 Å². The normalized spacial score (nSPS) is 12.7. The van der Waals surface area contributed by atoms with Crippen molar-refractivity contribution in [2.75, 3.05) is 26.2 Å². The summed E-state index contributed by atoms with van der Waals surface area (Å²) in [6.07, 6.45) is -8.47. The van der Waals surface area contributed by atoms with E-state index in [1.54, 1.807) is 12.1 Å². The van der Waals surface area contributed by atoms with E-state index >= 15 is 0 Å². The highest BCUT2D eigenvalue weighted by molar-refractivity contribution is 5.83. The summed E-state index contributed by atoms with van der Waals surface area (Å²) in [5.41, 5.74) is 2.78. The fraction of sp³-hybridized carbons (Fsp3) is 0.341. The second kappa shape index (κ2) is 20.2. The topological polar surface area (TPSA) is 174 Å². The Morgan fingerprint density at radius 2 is 1.25 bits per heavy atom. The lowest BCUT2D eigenvalue weighted by atomic mass is 9.81. The van der Waals surface area contributed by atoms with Crippen molar-refractivity contribution in [3.05, 3.63) is 136 Å². The summed E-state index contributed by atoms with van der Waals surface area (Å²) in [5.74, 6) is -3.09. The molecule has 0 aliphatic carbocycles. The Hall–Kier alpha value is -5.90. The molecule has 15 heteroatoms. The number of para-hydroxylation sites is 1. The van der Waals surface area contributed by atoms with Crippen LogP contribution in [-0.4, -0.2) is 96.0 Å². The number of carbonyl (C=O) groups excluding carboxylic acids is 1. The van der Waals surface area contributed by atoms with Gasteiger partial charge in [-0.3, -0.25) is 9.59 Å². The number of benzene rings is 4. The maximum Gasteiger partial charge on any atom is 0.416 e. The average Bonchev–Trinajstić information content (AvgIpc) is 3.22. The number of hydrogen-bond acceptors (Lipinski definition) is 8. The molecule has 1 heterocycles. The molecule has 0 saturated heterocycles. The van der Waals surface area contributed by atoms with E-state index in [0.717, 1.165) is 41.9 Å². The molecule has 0 aliphatic heterocycles. The van der Waals surface area contributed by atoms with Crippen LogP contribution in [0.1, 0.15) is 50.2 Å². The van der Waals surface area contributed by atoms with Crippen LogP contribution in [0.3, 0.4) is 0 Å². The van der Waals surface area contributed by atoms with E-state index in [-0.39, 0.29) is 23.4 Å². The summed E-state index contributed by atoms with van der Waals surface area (Å²) in [6, 6.07) is 30.0. The number of aliphatic carboxylic acids is 2. The van der Waals surface area contributed by atoms with Gasteiger partial charge in [0.15, 0.2) is 12.2 Å². The van der Waals surface area contributed by atoms with Gasteiger partial charge in [0.2, 0.25) is 5.91 Å². The van der Waals surface area contributed by atoms with Crippen LogP contribution in [0, 0.1) is 0 Å². The molecular weight excluding hydrogens is 769 g/mol. The minimum Gasteiger partial charge on any atom is -0.479 e. The van der Waals surface area contributed by atoms with Crippen molar-refractivity contribution in [2.24, 2.45) is 0 Å². The number of aliphatic hydroxyl groups excluding tert-OH is 2. The largest absolute Gasteiger partial charge is 0.479 e. The number of likely N-dealkylation sites (N-methyl/N-ethyl adjacent to an activating group) is 1. The highest BCUT2D eigenvalue weighted by Crippen LogP contribution is 2.31. The van der Waals surface area contributed by atoms with Crippen LogP contribution in [0.25, 0.3) is 22.0 Å². The summed E-state index contributed by atoms with van der Waals surface area (Å²) in [7, 11) is 0. The van der Waals surface area contributed by atoms with Crippen molar-refractivity contribution in [1.29, 1.82) is 0 Å². The Morgan fingerprint density at radius 3 is 1.78 bits per heavy atom. The highest BCUT2D eigenvalue weighted by Gasteiger charge is 2.31. The molecule has 2 atom stereocenters. The molecule has 5 aromatic rings. The highest BCUT2D eigenvalue weighted by atomic mass is 19.4. The van der Waals surface area contributed by atoms with E-state index < -0.39 is 35.9 Å². The van der Waals surface area contributed by atoms with Gasteiger partial charge in [0.05, 0.1) is 16.5 Å². The molecule has 0 radical (unpaired) electrons. The van der Waals surface area contributed by atoms with Crippen LogP contribution in [0.4, 0.5) is 13.2 Å². The fourth-order valence-corrected chi connectivity index (χ4v) is 6.44. The van der Waals surface area contributed by atoms with Crippen LogP contribution in [0.5, 0.6) is 0 Å². The summed E-state index contributed by atoms with van der Waals surface area (Å²) >= 11 is 0. The molecule has 5 rings (SSSR count). The third kappa shape index (κ3) is 12.3. The number of alkyl halides is 3. The van der Waals surface area contributed by atoms with Crippen molar-refractivity contribution >= 4 is 28.7 Å². The van der Waals surface area contributed by atoms with Crippen LogP contribution in [0.15, 0.2) is 108 Å². The SMILES string of the molecule is CCN(CC)CCN(Cc1ccc(-c2ccc(C(F)(F)F)cc2)cc1)C(=O)Cn1c(CC(C)(C)c2ccccc2)nc(=O)c2ccccc21.O=C(O)C(O)C(O)C(=O)O. The maximum absolute atomic E-state index is 14.3. The lowest BCUT2D eigenvalue weighted by molar-refractivity contribution is -0.165. The Bertz CT molecular complexity index is 2220. The first-order chi connectivity index (χ1) is 27.9. The molecule has 4 aromatic carbocycles. The number of hydrogen-bond donors (Lipinski definition) is 4. The van der Waals surface area contributed by atoms with Gasteiger partial charge >= 0.3 is 18.1 Å². The third-order valence-electron chi connectivity index (χ3n) is 10.0. The van der Waals surface area contributed by atoms with Crippen LogP contribution in [0.2, 0.25) is 0 Å². The summed E-state index contributed by atoms with van der Waals surface area (Å²) in [6.45, 7) is 11.7. The molecule has 59 heavy (non-hydrogen) atoms. The molecular formula is C44H49F3N4O8. The molecule has 0 aliphatic rings. The molecule has 0 spiro atoms. The van der Waals surface area contributed by atoms with Gasteiger partial charge in [-0.25, -0.2) is 9.59 Å². The first kappa shape index (κ1) is 45.8. The number of rotatable bonds is 16. The minimum absolute atomic E-state index is 0.00981. The Balaban J connectivity index is 0.000000680. The van der Waals surface area contributed by atoms with Gasteiger partial charge < -0.3 is 34.8 Å². The van der Waals surface area contributed by atoms with Gasteiger partial charge in [-0.1, -0.05) is 107 Å². The van der Waals surface area contributed by atoms with Crippen LogP contribution < -0.4 is 5.56 Å². The number of nitrogens with zero attached hydrogens (tertiary/aromatic N) is 4. The lowest BCUT2D eigenvalue weighted by Gasteiger charge is -2.29. The molecule has 12 nitrogen and oxygen atoms in total. The monoisotopic (exact) mass is 818 g/mol. The number of halogens is 3. The summed E-state index contributed by atoms with van der Waals surface area (Å²) < 4.78 is 41.1. The van der Waals surface area contributed by atoms with E-state index in [1.807, 2.05) is 64.1 Å². The van der Waals surface area contributed by atoms with E-state index in [0.29, 0.717) is 48.3 Å². The third-order valence-corrected chi connectivity index (χ3v) is 10.0. The number of aromatic nitrogens is 2. The molecule has 0 saturated carbocycles. The van der Waals surface area contributed by atoms with Gasteiger partial charge in [-0.05, 0) is 65.0 Å². The fourth-order valence-electron chi connectivity index (χ4n) is 6.44. The van der Waals surface area contributed by atoms with E-state index in [4.69, 9.17) is 20.4 Å². The van der Waals surface area contributed by atoms with Crippen molar-refractivity contribution < 1.29 is 48.0 Å². The predicted molar refractivity (Wildman–Crippen MR) is 217 cm³/mol. The smallest absolute Gasteiger partial charge is 0.416 e. The standard InChI is InChI=1S/C40H43F3N4O2.C4H6O6/c1-5-45(6-2)24-25-46(27-29-16-18-30(19-17-29)31-20-22-33(23-21-31)40(41,42)43)37(48)28-47-35-15-11-10-14-34(35)38(49)44-36(47)26-39(3,4)32-12-8-7-9-13-32;5-1(3(7)8)2(6)4(9)10/h7-23H,5-6,24-28H2,1-4H3;1-2,5-6H,(H,7,8)(H,9,10). The van der Waals surface area contributed by atoms with E-state index in [2.05, 4.69) is 49.7 Å². The zero-order chi connectivity index (χ0) is 43.5. The Morgan fingerprint density at radius 1 is 0.729 bits per heavy atom. The number of carboxylic acids is 2. The first-order valence-corrected chi connectivity index (χ1v) is 19.0. The molecule has 0 bridgehead atoms. The van der Waals surface area contributed by atoms with Crippen LogP contribution in [-0.2, 0) is 45.5 Å². The Kier molecular flexibility index (Phi) is 15.7. The van der Waals surface area contributed by atoms with Gasteiger partial charge in [-0.2, -0.15) is 18.2 Å². The second-order valence-electron chi connectivity index (χ2n) is 14.5. The number of carbonyl (C=O) groups is 3. The molecule has 0 fully saturated rings. The molecule has 4 N–H and O–H groups in total. The molecule has 1 aromatic heterocycles. The molecule has 1 amide bonds. The van der Waals surface area contributed by atoms with Gasteiger partial charge in [0, 0.05) is 26.1 Å².